The van der Waals surface area contributed by atoms with Crippen LogP contribution in [0, 0.1) is 0 Å². The molecule has 31 heavy (non-hydrogen) atoms. The molecule has 0 N–H and O–H groups in total. The van der Waals surface area contributed by atoms with Crippen molar-refractivity contribution in [3.05, 3.63) is 89.6 Å². The summed E-state index contributed by atoms with van der Waals surface area (Å²) in [4.78, 5) is 26.6. The van der Waals surface area contributed by atoms with Crippen molar-refractivity contribution in [1.82, 2.24) is 10.0 Å². The zero-order valence-corrected chi connectivity index (χ0v) is 18.1. The highest BCUT2D eigenvalue weighted by Gasteiger charge is 2.42. The summed E-state index contributed by atoms with van der Waals surface area (Å²) in [6.45, 7) is 4.10. The lowest BCUT2D eigenvalue weighted by atomic mass is 9.73. The molecule has 2 aromatic carbocycles. The van der Waals surface area contributed by atoms with Crippen LogP contribution in [0.4, 0.5) is 0 Å². The Morgan fingerprint density at radius 3 is 2.35 bits per heavy atom. The molecular formula is C26H28N2O3. The molecule has 0 saturated heterocycles. The molecule has 160 valence electrons. The van der Waals surface area contributed by atoms with Gasteiger partial charge < -0.3 is 4.74 Å². The number of hydrogen-bond acceptors (Lipinski definition) is 4. The van der Waals surface area contributed by atoms with Crippen LogP contribution >= 0.6 is 0 Å². The molecule has 5 heteroatoms. The Kier molecular flexibility index (Phi) is 6.05. The van der Waals surface area contributed by atoms with E-state index in [4.69, 9.17) is 4.74 Å². The SMILES string of the molecule is C=CCOc1ccc([C@@H]2CC(=O)N(N(C)C)C3=C2C(=O)C[C@H](c2ccccc2)C3)cc1. The largest absolute Gasteiger partial charge is 0.490 e. The van der Waals surface area contributed by atoms with E-state index >= 15 is 0 Å². The van der Waals surface area contributed by atoms with Gasteiger partial charge in [-0.25, -0.2) is 10.0 Å². The number of carbonyl (C=O) groups is 2. The molecule has 1 amide bonds. The molecule has 1 aliphatic carbocycles. The lowest BCUT2D eigenvalue weighted by Crippen LogP contribution is -2.47. The Bertz CT molecular complexity index is 1010. The quantitative estimate of drug-likeness (QED) is 0.653. The minimum atomic E-state index is -0.226. The molecule has 2 aliphatic rings. The molecule has 0 saturated carbocycles. The second-order valence-electron chi connectivity index (χ2n) is 8.28. The maximum absolute atomic E-state index is 13.4. The van der Waals surface area contributed by atoms with Crippen molar-refractivity contribution in [1.29, 1.82) is 0 Å². The van der Waals surface area contributed by atoms with E-state index in [2.05, 4.69) is 18.7 Å². The van der Waals surface area contributed by atoms with Crippen LogP contribution in [0.3, 0.4) is 0 Å². The van der Waals surface area contributed by atoms with Crippen LogP contribution in [0.2, 0.25) is 0 Å². The first-order chi connectivity index (χ1) is 15.0. The second-order valence-corrected chi connectivity index (χ2v) is 8.28. The molecule has 0 radical (unpaired) electrons. The van der Waals surface area contributed by atoms with Gasteiger partial charge in [0.15, 0.2) is 5.78 Å². The minimum Gasteiger partial charge on any atom is -0.490 e. The van der Waals surface area contributed by atoms with Gasteiger partial charge in [0.25, 0.3) is 0 Å². The van der Waals surface area contributed by atoms with Crippen LogP contribution in [0.25, 0.3) is 0 Å². The van der Waals surface area contributed by atoms with Crippen LogP contribution < -0.4 is 4.74 Å². The lowest BCUT2D eigenvalue weighted by Gasteiger charge is -2.42. The third kappa shape index (κ3) is 4.19. The van der Waals surface area contributed by atoms with Crippen molar-refractivity contribution in [3.63, 3.8) is 0 Å². The summed E-state index contributed by atoms with van der Waals surface area (Å²) in [5, 5.41) is 3.49. The Morgan fingerprint density at radius 1 is 1.00 bits per heavy atom. The number of hydrogen-bond donors (Lipinski definition) is 0. The fourth-order valence-corrected chi connectivity index (χ4v) is 4.68. The van der Waals surface area contributed by atoms with Crippen molar-refractivity contribution in [2.24, 2.45) is 0 Å². The molecule has 1 heterocycles. The molecule has 2 atom stereocenters. The lowest BCUT2D eigenvalue weighted by molar-refractivity contribution is -0.143. The molecule has 4 rings (SSSR count). The number of nitrogens with zero attached hydrogens (tertiary/aromatic N) is 2. The van der Waals surface area contributed by atoms with Gasteiger partial charge >= 0.3 is 0 Å². The highest BCUT2D eigenvalue weighted by molar-refractivity contribution is 6.02. The van der Waals surface area contributed by atoms with E-state index in [0.29, 0.717) is 19.4 Å². The average Bonchev–Trinajstić information content (AvgIpc) is 2.77. The van der Waals surface area contributed by atoms with E-state index in [1.165, 1.54) is 0 Å². The van der Waals surface area contributed by atoms with Crippen molar-refractivity contribution >= 4 is 11.7 Å². The van der Waals surface area contributed by atoms with E-state index in [1.807, 2.05) is 56.6 Å². The summed E-state index contributed by atoms with van der Waals surface area (Å²) in [5.74, 6) is 0.746. The number of ketones is 1. The third-order valence-electron chi connectivity index (χ3n) is 6.02. The van der Waals surface area contributed by atoms with Gasteiger partial charge in [-0.05, 0) is 35.6 Å². The third-order valence-corrected chi connectivity index (χ3v) is 6.02. The molecule has 0 spiro atoms. The van der Waals surface area contributed by atoms with E-state index in [0.717, 1.165) is 28.1 Å². The standard InChI is InChI=1S/C26H28N2O3/c1-4-14-31-21-12-10-19(11-13-21)22-17-25(30)28(27(2)3)23-15-20(16-24(29)26(22)23)18-8-6-5-7-9-18/h4-13,20,22H,1,14-17H2,2-3H3/t20-,22+/m1/s1. The summed E-state index contributed by atoms with van der Waals surface area (Å²) in [6.07, 6.45) is 3.12. The second kappa shape index (κ2) is 8.90. The number of benzene rings is 2. The van der Waals surface area contributed by atoms with Crippen molar-refractivity contribution in [2.45, 2.75) is 31.1 Å². The summed E-state index contributed by atoms with van der Waals surface area (Å²) in [7, 11) is 3.70. The topological polar surface area (TPSA) is 49.9 Å². The molecule has 0 unspecified atom stereocenters. The van der Waals surface area contributed by atoms with Gasteiger partial charge in [0, 0.05) is 44.1 Å². The highest BCUT2D eigenvalue weighted by atomic mass is 16.5. The smallest absolute Gasteiger partial charge is 0.242 e. The number of allylic oxidation sites excluding steroid dienone is 2. The molecular weight excluding hydrogens is 388 g/mol. The number of rotatable bonds is 6. The monoisotopic (exact) mass is 416 g/mol. The van der Waals surface area contributed by atoms with Gasteiger partial charge in [0.1, 0.15) is 12.4 Å². The van der Waals surface area contributed by atoms with Gasteiger partial charge in [0.05, 0.1) is 0 Å². The first-order valence-electron chi connectivity index (χ1n) is 10.6. The number of Topliss-reactive ketones (excluding diaryl/α,β-unsaturated/α-hetero) is 1. The molecule has 0 aromatic heterocycles. The van der Waals surface area contributed by atoms with Crippen LogP contribution in [0.15, 0.2) is 78.5 Å². The molecule has 0 fully saturated rings. The number of carbonyl (C=O) groups excluding carboxylic acids is 2. The summed E-state index contributed by atoms with van der Waals surface area (Å²) in [6, 6.07) is 17.8. The number of hydrazine groups is 1. The van der Waals surface area contributed by atoms with Crippen LogP contribution in [-0.4, -0.2) is 42.4 Å². The maximum Gasteiger partial charge on any atom is 0.242 e. The summed E-state index contributed by atoms with van der Waals surface area (Å²) < 4.78 is 5.58. The Morgan fingerprint density at radius 2 is 1.71 bits per heavy atom. The zero-order chi connectivity index (χ0) is 22.0. The summed E-state index contributed by atoms with van der Waals surface area (Å²) in [5.41, 5.74) is 3.72. The Balaban J connectivity index is 1.73. The normalized spacial score (nSPS) is 21.3. The first kappa shape index (κ1) is 21.1. The Labute approximate surface area is 183 Å². The predicted molar refractivity (Wildman–Crippen MR) is 120 cm³/mol. The van der Waals surface area contributed by atoms with Crippen LogP contribution in [0.1, 0.15) is 42.2 Å². The van der Waals surface area contributed by atoms with E-state index in [9.17, 15) is 9.59 Å². The van der Waals surface area contributed by atoms with Crippen molar-refractivity contribution in [3.8, 4) is 5.75 Å². The van der Waals surface area contributed by atoms with Gasteiger partial charge in [-0.3, -0.25) is 9.59 Å². The minimum absolute atomic E-state index is 0.0160. The molecule has 1 aliphatic heterocycles. The summed E-state index contributed by atoms with van der Waals surface area (Å²) >= 11 is 0. The Hall–Kier alpha value is -3.18. The van der Waals surface area contributed by atoms with Crippen LogP contribution in [-0.2, 0) is 9.59 Å². The molecule has 5 nitrogen and oxygen atoms in total. The predicted octanol–water partition coefficient (Wildman–Crippen LogP) is 4.44. The van der Waals surface area contributed by atoms with Gasteiger partial charge in [0.2, 0.25) is 5.91 Å². The highest BCUT2D eigenvalue weighted by Crippen LogP contribution is 2.45. The van der Waals surface area contributed by atoms with E-state index < -0.39 is 0 Å². The molecule has 2 aromatic rings. The van der Waals surface area contributed by atoms with E-state index in [-0.39, 0.29) is 29.9 Å². The average molecular weight is 417 g/mol. The number of ether oxygens (including phenoxy) is 1. The van der Waals surface area contributed by atoms with Gasteiger partial charge in [-0.1, -0.05) is 55.1 Å². The van der Waals surface area contributed by atoms with Crippen molar-refractivity contribution in [2.75, 3.05) is 20.7 Å². The number of amides is 1. The fourth-order valence-electron chi connectivity index (χ4n) is 4.68. The zero-order valence-electron chi connectivity index (χ0n) is 18.1. The van der Waals surface area contributed by atoms with Gasteiger partial charge in [-0.2, -0.15) is 0 Å². The van der Waals surface area contributed by atoms with Crippen molar-refractivity contribution < 1.29 is 14.3 Å². The van der Waals surface area contributed by atoms with Gasteiger partial charge in [-0.15, -0.1) is 0 Å². The van der Waals surface area contributed by atoms with Crippen LogP contribution in [0.5, 0.6) is 5.75 Å². The van der Waals surface area contributed by atoms with E-state index in [1.54, 1.807) is 16.1 Å². The fraction of sp³-hybridized carbons (Fsp3) is 0.308. The maximum atomic E-state index is 13.4. The first-order valence-corrected chi connectivity index (χ1v) is 10.6. The molecule has 0 bridgehead atoms.